The van der Waals surface area contributed by atoms with Crippen LogP contribution in [0.25, 0.3) is 11.2 Å². The summed E-state index contributed by atoms with van der Waals surface area (Å²) in [6.07, 6.45) is -1.80. The lowest BCUT2D eigenvalue weighted by Crippen LogP contribution is -2.31. The minimum absolute atomic E-state index is 0.0441. The number of imidazole rings is 1. The van der Waals surface area contributed by atoms with Crippen molar-refractivity contribution >= 4 is 17.1 Å². The molecule has 0 radical (unpaired) electrons. The Labute approximate surface area is 199 Å². The summed E-state index contributed by atoms with van der Waals surface area (Å²) in [7, 11) is 1.61. The molecule has 3 aromatic rings. The fraction of sp³-hybridized carbons (Fsp3) is 0.500. The smallest absolute Gasteiger partial charge is 0.387 e. The Morgan fingerprint density at radius 1 is 1.17 bits per heavy atom. The van der Waals surface area contributed by atoms with Crippen LogP contribution in [0.3, 0.4) is 0 Å². The molecular formula is C22H27F2N5O6. The van der Waals surface area contributed by atoms with Gasteiger partial charge in [0.2, 0.25) is 11.8 Å². The van der Waals surface area contributed by atoms with Crippen molar-refractivity contribution in [1.29, 1.82) is 0 Å². The van der Waals surface area contributed by atoms with E-state index in [2.05, 4.69) is 25.0 Å². The number of fused-ring (bicyclic) bond motifs is 1. The van der Waals surface area contributed by atoms with Gasteiger partial charge in [-0.15, -0.1) is 0 Å². The number of nitrogens with one attached hydrogen (secondary N) is 1. The quantitative estimate of drug-likeness (QED) is 0.340. The van der Waals surface area contributed by atoms with Crippen LogP contribution in [0, 0.1) is 0 Å². The van der Waals surface area contributed by atoms with Crippen LogP contribution in [0.4, 0.5) is 14.7 Å². The largest absolute Gasteiger partial charge is 0.471 e. The van der Waals surface area contributed by atoms with Gasteiger partial charge < -0.3 is 34.5 Å². The van der Waals surface area contributed by atoms with Crippen LogP contribution in [0.1, 0.15) is 25.1 Å². The topological polar surface area (TPSA) is 133 Å². The average molecular weight is 495 g/mol. The molecule has 0 unspecified atom stereocenters. The molecule has 1 aromatic carbocycles. The number of nitrogens with zero attached hydrogens (tertiary/aromatic N) is 4. The summed E-state index contributed by atoms with van der Waals surface area (Å²) in [4.78, 5) is 13.1. The molecule has 1 fully saturated rings. The Kier molecular flexibility index (Phi) is 7.90. The second-order valence-corrected chi connectivity index (χ2v) is 7.95. The SMILES string of the molecule is COCCCNc1nc2c(OCc3ccc(OC(F)F)cc3)ncnc2n1[C@@H]1O[C@H](C)[C@@H](O)[C@H]1O. The van der Waals surface area contributed by atoms with Crippen LogP contribution in [-0.4, -0.2) is 74.9 Å². The van der Waals surface area contributed by atoms with Crippen molar-refractivity contribution in [3.05, 3.63) is 36.2 Å². The van der Waals surface area contributed by atoms with E-state index in [0.29, 0.717) is 42.2 Å². The van der Waals surface area contributed by atoms with Crippen molar-refractivity contribution in [2.45, 2.75) is 51.1 Å². The Balaban J connectivity index is 1.60. The summed E-state index contributed by atoms with van der Waals surface area (Å²) in [6, 6.07) is 6.04. The predicted molar refractivity (Wildman–Crippen MR) is 119 cm³/mol. The van der Waals surface area contributed by atoms with Crippen LogP contribution in [-0.2, 0) is 16.1 Å². The number of aromatic nitrogens is 4. The van der Waals surface area contributed by atoms with E-state index in [9.17, 15) is 19.0 Å². The molecule has 2 aromatic heterocycles. The molecule has 1 aliphatic heterocycles. The zero-order valence-electron chi connectivity index (χ0n) is 19.2. The van der Waals surface area contributed by atoms with Gasteiger partial charge in [0.1, 0.15) is 30.9 Å². The van der Waals surface area contributed by atoms with Crippen molar-refractivity contribution in [2.24, 2.45) is 0 Å². The second-order valence-electron chi connectivity index (χ2n) is 7.95. The maximum absolute atomic E-state index is 12.3. The summed E-state index contributed by atoms with van der Waals surface area (Å²) in [5, 5.41) is 24.0. The molecular weight excluding hydrogens is 468 g/mol. The Hall–Kier alpha value is -3.13. The zero-order valence-corrected chi connectivity index (χ0v) is 19.2. The van der Waals surface area contributed by atoms with Crippen LogP contribution >= 0.6 is 0 Å². The van der Waals surface area contributed by atoms with Gasteiger partial charge in [-0.2, -0.15) is 13.8 Å². The molecule has 4 atom stereocenters. The van der Waals surface area contributed by atoms with E-state index < -0.39 is 31.2 Å². The normalized spacial score (nSPS) is 22.1. The maximum Gasteiger partial charge on any atom is 0.387 e. The standard InChI is InChI=1S/C22H27F2N5O6/c1-12-16(30)17(31)20(34-12)29-18-15(28-22(29)25-8-3-9-32-2)19(27-11-26-18)33-10-13-4-6-14(7-5-13)35-21(23)24/h4-7,11-12,16-17,20-21,30-31H,3,8-10H2,1-2H3,(H,25,28)/t12-,16-,17-,20-/m1/s1. The number of methoxy groups -OCH3 is 1. The zero-order chi connectivity index (χ0) is 24.9. The van der Waals surface area contributed by atoms with E-state index in [1.807, 2.05) is 0 Å². The first kappa shape index (κ1) is 25.0. The molecule has 190 valence electrons. The van der Waals surface area contributed by atoms with Gasteiger partial charge >= 0.3 is 6.61 Å². The number of rotatable bonds is 11. The lowest BCUT2D eigenvalue weighted by atomic mass is 10.1. The van der Waals surface area contributed by atoms with Crippen LogP contribution < -0.4 is 14.8 Å². The number of aliphatic hydroxyl groups is 2. The summed E-state index contributed by atoms with van der Waals surface area (Å²) in [5.74, 6) is 0.589. The monoisotopic (exact) mass is 495 g/mol. The molecule has 0 saturated carbocycles. The Morgan fingerprint density at radius 2 is 1.94 bits per heavy atom. The Morgan fingerprint density at radius 3 is 2.60 bits per heavy atom. The Bertz CT molecular complexity index is 1120. The van der Waals surface area contributed by atoms with Gasteiger partial charge in [0.15, 0.2) is 17.4 Å². The van der Waals surface area contributed by atoms with Crippen molar-refractivity contribution in [3.63, 3.8) is 0 Å². The average Bonchev–Trinajstić information content (AvgIpc) is 3.33. The van der Waals surface area contributed by atoms with Gasteiger partial charge in [-0.25, -0.2) is 9.97 Å². The summed E-state index contributed by atoms with van der Waals surface area (Å²) < 4.78 is 47.4. The van der Waals surface area contributed by atoms with Gasteiger partial charge in [-0.05, 0) is 31.0 Å². The van der Waals surface area contributed by atoms with Crippen molar-refractivity contribution in [2.75, 3.05) is 25.6 Å². The van der Waals surface area contributed by atoms with E-state index >= 15 is 0 Å². The van der Waals surface area contributed by atoms with Gasteiger partial charge in [0, 0.05) is 20.3 Å². The first-order chi connectivity index (χ1) is 16.9. The molecule has 1 saturated heterocycles. The molecule has 11 nitrogen and oxygen atoms in total. The van der Waals surface area contributed by atoms with E-state index in [1.54, 1.807) is 30.7 Å². The lowest BCUT2D eigenvalue weighted by Gasteiger charge is -2.19. The van der Waals surface area contributed by atoms with E-state index in [1.165, 1.54) is 18.5 Å². The first-order valence-corrected chi connectivity index (χ1v) is 11.0. The highest BCUT2D eigenvalue weighted by Crippen LogP contribution is 2.36. The van der Waals surface area contributed by atoms with E-state index in [-0.39, 0.29) is 18.2 Å². The van der Waals surface area contributed by atoms with Crippen molar-refractivity contribution < 1.29 is 37.9 Å². The summed E-state index contributed by atoms with van der Waals surface area (Å²) >= 11 is 0. The number of halogens is 2. The van der Waals surface area contributed by atoms with Gasteiger partial charge in [-0.1, -0.05) is 12.1 Å². The molecule has 35 heavy (non-hydrogen) atoms. The van der Waals surface area contributed by atoms with Gasteiger partial charge in [0.25, 0.3) is 0 Å². The second kappa shape index (κ2) is 11.1. The highest BCUT2D eigenvalue weighted by Gasteiger charge is 2.43. The molecule has 4 rings (SSSR count). The molecule has 1 aliphatic rings. The third kappa shape index (κ3) is 5.59. The van der Waals surface area contributed by atoms with E-state index in [4.69, 9.17) is 14.2 Å². The fourth-order valence-corrected chi connectivity index (χ4v) is 3.74. The van der Waals surface area contributed by atoms with Crippen LogP contribution in [0.2, 0.25) is 0 Å². The number of benzene rings is 1. The summed E-state index contributed by atoms with van der Waals surface area (Å²) in [5.41, 5.74) is 1.36. The lowest BCUT2D eigenvalue weighted by molar-refractivity contribution is -0.0498. The number of hydrogen-bond donors (Lipinski definition) is 3. The summed E-state index contributed by atoms with van der Waals surface area (Å²) in [6.45, 7) is -0.0802. The number of ether oxygens (including phenoxy) is 4. The van der Waals surface area contributed by atoms with Crippen molar-refractivity contribution in [3.8, 4) is 11.6 Å². The van der Waals surface area contributed by atoms with Gasteiger partial charge in [-0.3, -0.25) is 4.57 Å². The maximum atomic E-state index is 12.3. The molecule has 3 heterocycles. The van der Waals surface area contributed by atoms with Crippen LogP contribution in [0.15, 0.2) is 30.6 Å². The fourth-order valence-electron chi connectivity index (χ4n) is 3.74. The minimum Gasteiger partial charge on any atom is -0.471 e. The van der Waals surface area contributed by atoms with Crippen molar-refractivity contribution in [1.82, 2.24) is 19.5 Å². The molecule has 0 spiro atoms. The molecule has 0 amide bonds. The number of alkyl halides is 2. The highest BCUT2D eigenvalue weighted by atomic mass is 19.3. The molecule has 3 N–H and O–H groups in total. The first-order valence-electron chi connectivity index (χ1n) is 11.0. The van der Waals surface area contributed by atoms with Gasteiger partial charge in [0.05, 0.1) is 6.10 Å². The third-order valence-electron chi connectivity index (χ3n) is 5.51. The third-order valence-corrected chi connectivity index (χ3v) is 5.51. The highest BCUT2D eigenvalue weighted by molar-refractivity contribution is 5.79. The molecule has 0 aliphatic carbocycles. The van der Waals surface area contributed by atoms with E-state index in [0.717, 1.165) is 0 Å². The molecule has 13 heteroatoms. The number of aliphatic hydroxyl groups excluding tert-OH is 2. The minimum atomic E-state index is -2.90. The number of anilines is 1. The predicted octanol–water partition coefficient (Wildman–Crippen LogP) is 2.09. The molecule has 0 bridgehead atoms. The number of hydrogen-bond acceptors (Lipinski definition) is 10. The van der Waals surface area contributed by atoms with Crippen LogP contribution in [0.5, 0.6) is 11.6 Å².